The van der Waals surface area contributed by atoms with Crippen molar-refractivity contribution < 1.29 is 23.9 Å². The maximum Gasteiger partial charge on any atom is 0.341 e. The van der Waals surface area contributed by atoms with Crippen LogP contribution in [-0.2, 0) is 14.3 Å². The maximum atomic E-state index is 13.0. The molecule has 2 N–H and O–H groups in total. The van der Waals surface area contributed by atoms with Crippen LogP contribution in [0.25, 0.3) is 10.1 Å². The van der Waals surface area contributed by atoms with Gasteiger partial charge in [-0.2, -0.15) is 0 Å². The Balaban J connectivity index is 1.97. The topological polar surface area (TPSA) is 93.7 Å². The summed E-state index contributed by atoms with van der Waals surface area (Å²) >= 11 is 1.22. The largest absolute Gasteiger partial charge is 0.479 e. The second-order valence-electron chi connectivity index (χ2n) is 8.32. The molecular formula is C26H30N2O5S. The van der Waals surface area contributed by atoms with Crippen LogP contribution in [0, 0.1) is 27.7 Å². The Morgan fingerprint density at radius 1 is 1.00 bits per heavy atom. The highest BCUT2D eigenvalue weighted by Gasteiger charge is 2.26. The molecule has 0 bridgehead atoms. The lowest BCUT2D eigenvalue weighted by atomic mass is 10.0. The Labute approximate surface area is 203 Å². The summed E-state index contributed by atoms with van der Waals surface area (Å²) in [6.45, 7) is 12.8. The van der Waals surface area contributed by atoms with Crippen LogP contribution in [0.3, 0.4) is 0 Å². The Bertz CT molecular complexity index is 1250. The first-order chi connectivity index (χ1) is 16.0. The fourth-order valence-corrected chi connectivity index (χ4v) is 5.14. The van der Waals surface area contributed by atoms with Crippen LogP contribution in [0.5, 0.6) is 5.75 Å². The van der Waals surface area contributed by atoms with E-state index in [2.05, 4.69) is 10.6 Å². The van der Waals surface area contributed by atoms with Crippen molar-refractivity contribution in [3.63, 3.8) is 0 Å². The van der Waals surface area contributed by atoms with E-state index < -0.39 is 12.1 Å². The molecule has 8 heteroatoms. The molecule has 3 aromatic rings. The molecule has 1 heterocycles. The van der Waals surface area contributed by atoms with Crippen molar-refractivity contribution in [1.82, 2.24) is 0 Å². The summed E-state index contributed by atoms with van der Waals surface area (Å²) in [7, 11) is 0. The predicted molar refractivity (Wildman–Crippen MR) is 136 cm³/mol. The molecule has 34 heavy (non-hydrogen) atoms. The lowest BCUT2D eigenvalue weighted by Crippen LogP contribution is -2.31. The number of rotatable bonds is 7. The highest BCUT2D eigenvalue weighted by Crippen LogP contribution is 2.43. The number of ether oxygens (including phenoxy) is 2. The number of hydrogen-bond acceptors (Lipinski definition) is 6. The quantitative estimate of drug-likeness (QED) is 0.423. The smallest absolute Gasteiger partial charge is 0.341 e. The van der Waals surface area contributed by atoms with E-state index in [-0.39, 0.29) is 24.0 Å². The van der Waals surface area contributed by atoms with Gasteiger partial charge in [0.1, 0.15) is 16.3 Å². The van der Waals surface area contributed by atoms with Gasteiger partial charge in [-0.1, -0.05) is 29.8 Å². The maximum absolute atomic E-state index is 13.0. The number of benzene rings is 2. The van der Waals surface area contributed by atoms with Crippen LogP contribution in [0.15, 0.2) is 24.3 Å². The van der Waals surface area contributed by atoms with Gasteiger partial charge in [0.15, 0.2) is 6.10 Å². The number of amides is 2. The van der Waals surface area contributed by atoms with E-state index in [1.807, 2.05) is 45.9 Å². The minimum atomic E-state index is -0.804. The Morgan fingerprint density at radius 2 is 1.65 bits per heavy atom. The van der Waals surface area contributed by atoms with Crippen LogP contribution in [0.1, 0.15) is 53.4 Å². The zero-order valence-corrected chi connectivity index (χ0v) is 21.4. The van der Waals surface area contributed by atoms with Gasteiger partial charge in [0.2, 0.25) is 5.91 Å². The molecule has 0 spiro atoms. The van der Waals surface area contributed by atoms with E-state index in [1.165, 1.54) is 18.3 Å². The number of esters is 1. The number of anilines is 2. The molecule has 2 amide bonds. The highest BCUT2D eigenvalue weighted by atomic mass is 32.1. The molecule has 3 rings (SSSR count). The van der Waals surface area contributed by atoms with Gasteiger partial charge < -0.3 is 20.1 Å². The van der Waals surface area contributed by atoms with Gasteiger partial charge in [-0.05, 0) is 58.2 Å². The SMILES string of the molecule is CCOC(=O)c1c(NC(C)=O)sc2c(O[C@H](C)C(=O)Nc3c(C)cc(C)cc3C)c(C)ccc12. The third-order valence-corrected chi connectivity index (χ3v) is 6.49. The van der Waals surface area contributed by atoms with Crippen LogP contribution < -0.4 is 15.4 Å². The Morgan fingerprint density at radius 3 is 2.24 bits per heavy atom. The number of aryl methyl sites for hydroxylation is 4. The first-order valence-corrected chi connectivity index (χ1v) is 11.9. The van der Waals surface area contributed by atoms with Crippen molar-refractivity contribution in [3.8, 4) is 5.75 Å². The van der Waals surface area contributed by atoms with Gasteiger partial charge in [0.05, 0.1) is 11.3 Å². The van der Waals surface area contributed by atoms with Crippen molar-refractivity contribution >= 4 is 49.9 Å². The summed E-state index contributed by atoms with van der Waals surface area (Å²) in [4.78, 5) is 37.4. The van der Waals surface area contributed by atoms with Crippen LogP contribution in [0.2, 0.25) is 0 Å². The number of thiophene rings is 1. The number of nitrogens with one attached hydrogen (secondary N) is 2. The van der Waals surface area contributed by atoms with E-state index in [1.54, 1.807) is 19.9 Å². The van der Waals surface area contributed by atoms with E-state index in [0.717, 1.165) is 27.9 Å². The van der Waals surface area contributed by atoms with Crippen molar-refractivity contribution in [2.24, 2.45) is 0 Å². The monoisotopic (exact) mass is 482 g/mol. The van der Waals surface area contributed by atoms with Crippen LogP contribution in [0.4, 0.5) is 10.7 Å². The van der Waals surface area contributed by atoms with Gasteiger partial charge in [-0.25, -0.2) is 4.79 Å². The summed E-state index contributed by atoms with van der Waals surface area (Å²) < 4.78 is 12.0. The molecular weight excluding hydrogens is 452 g/mol. The Hall–Kier alpha value is -3.39. The molecule has 0 aliphatic carbocycles. The van der Waals surface area contributed by atoms with Crippen molar-refractivity contribution in [1.29, 1.82) is 0 Å². The zero-order valence-electron chi connectivity index (χ0n) is 20.5. The normalized spacial score (nSPS) is 11.7. The van der Waals surface area contributed by atoms with Gasteiger partial charge in [0, 0.05) is 18.0 Å². The number of hydrogen-bond donors (Lipinski definition) is 2. The zero-order chi connectivity index (χ0) is 25.2. The fourth-order valence-electron chi connectivity index (χ4n) is 3.87. The molecule has 0 aliphatic rings. The van der Waals surface area contributed by atoms with Crippen molar-refractivity contribution in [3.05, 3.63) is 52.1 Å². The highest BCUT2D eigenvalue weighted by molar-refractivity contribution is 7.24. The Kier molecular flexibility index (Phi) is 7.61. The average Bonchev–Trinajstić information content (AvgIpc) is 3.10. The summed E-state index contributed by atoms with van der Waals surface area (Å²) in [5.41, 5.74) is 4.95. The second-order valence-corrected chi connectivity index (χ2v) is 9.34. The van der Waals surface area contributed by atoms with Crippen LogP contribution in [-0.4, -0.2) is 30.5 Å². The van der Waals surface area contributed by atoms with Gasteiger partial charge >= 0.3 is 5.97 Å². The first-order valence-electron chi connectivity index (χ1n) is 11.1. The summed E-state index contributed by atoms with van der Waals surface area (Å²) in [6, 6.07) is 7.66. The number of carbonyl (C=O) groups is 3. The summed E-state index contributed by atoms with van der Waals surface area (Å²) in [6.07, 6.45) is -0.804. The third-order valence-electron chi connectivity index (χ3n) is 5.37. The summed E-state index contributed by atoms with van der Waals surface area (Å²) in [5.74, 6) is -0.614. The molecule has 0 saturated carbocycles. The van der Waals surface area contributed by atoms with Gasteiger partial charge in [0.25, 0.3) is 5.91 Å². The van der Waals surface area contributed by atoms with E-state index in [0.29, 0.717) is 20.8 Å². The average molecular weight is 483 g/mol. The van der Waals surface area contributed by atoms with E-state index in [9.17, 15) is 14.4 Å². The predicted octanol–water partition coefficient (Wildman–Crippen LogP) is 5.68. The molecule has 0 unspecified atom stereocenters. The first kappa shape index (κ1) is 25.2. The lowest BCUT2D eigenvalue weighted by molar-refractivity contribution is -0.122. The summed E-state index contributed by atoms with van der Waals surface area (Å²) in [5, 5.41) is 6.69. The molecule has 0 saturated heterocycles. The molecule has 0 fully saturated rings. The lowest BCUT2D eigenvalue weighted by Gasteiger charge is -2.19. The third kappa shape index (κ3) is 5.22. The van der Waals surface area contributed by atoms with E-state index >= 15 is 0 Å². The van der Waals surface area contributed by atoms with Crippen molar-refractivity contribution in [2.45, 2.75) is 54.6 Å². The van der Waals surface area contributed by atoms with Gasteiger partial charge in [-0.3, -0.25) is 9.59 Å². The van der Waals surface area contributed by atoms with Gasteiger partial charge in [-0.15, -0.1) is 11.3 Å². The molecule has 1 atom stereocenters. The standard InChI is InChI=1S/C26H30N2O5S/c1-8-32-26(31)20-19-10-9-14(3)22(23(19)34-25(20)27-18(7)29)33-17(6)24(30)28-21-15(4)11-13(2)12-16(21)5/h9-12,17H,8H2,1-7H3,(H,27,29)(H,28,30)/t17-/m1/s1. The minimum absolute atomic E-state index is 0.208. The van der Waals surface area contributed by atoms with Crippen LogP contribution >= 0.6 is 11.3 Å². The van der Waals surface area contributed by atoms with E-state index in [4.69, 9.17) is 9.47 Å². The molecule has 0 aliphatic heterocycles. The molecule has 0 radical (unpaired) electrons. The molecule has 7 nitrogen and oxygen atoms in total. The number of fused-ring (bicyclic) bond motifs is 1. The molecule has 2 aromatic carbocycles. The molecule has 180 valence electrons. The van der Waals surface area contributed by atoms with Crippen molar-refractivity contribution in [2.75, 3.05) is 17.2 Å². The molecule has 1 aromatic heterocycles. The minimum Gasteiger partial charge on any atom is -0.479 e. The number of carbonyl (C=O) groups excluding carboxylic acids is 3. The second kappa shape index (κ2) is 10.3. The fraction of sp³-hybridized carbons (Fsp3) is 0.346.